The number of likely N-dealkylation sites (N-methyl/N-ethyl adjacent to an activating group) is 1. The molecule has 2 amide bonds. The molecule has 2 aromatic carbocycles. The summed E-state index contributed by atoms with van der Waals surface area (Å²) >= 11 is 5.89. The zero-order chi connectivity index (χ0) is 18.4. The van der Waals surface area contributed by atoms with Gasteiger partial charge in [0.15, 0.2) is 13.1 Å². The summed E-state index contributed by atoms with van der Waals surface area (Å²) in [6, 6.07) is 12.8. The number of benzene rings is 2. The predicted octanol–water partition coefficient (Wildman–Crippen LogP) is 2.05. The molecule has 0 saturated carbocycles. The quantitative estimate of drug-likeness (QED) is 0.738. The molecule has 0 bridgehead atoms. The van der Waals surface area contributed by atoms with Gasteiger partial charge in [-0.25, -0.2) is 0 Å². The van der Waals surface area contributed by atoms with Gasteiger partial charge in [0.25, 0.3) is 11.8 Å². The molecule has 0 spiro atoms. The summed E-state index contributed by atoms with van der Waals surface area (Å²) in [6.07, 6.45) is 0. The van der Waals surface area contributed by atoms with E-state index in [0.29, 0.717) is 10.7 Å². The van der Waals surface area contributed by atoms with Gasteiger partial charge < -0.3 is 15.5 Å². The van der Waals surface area contributed by atoms with Crippen LogP contribution in [0, 0.1) is 13.8 Å². The van der Waals surface area contributed by atoms with Crippen molar-refractivity contribution in [3.63, 3.8) is 0 Å². The fourth-order valence-corrected chi connectivity index (χ4v) is 2.65. The van der Waals surface area contributed by atoms with Gasteiger partial charge in [0.1, 0.15) is 0 Å². The van der Waals surface area contributed by atoms with Gasteiger partial charge in [0.2, 0.25) is 0 Å². The van der Waals surface area contributed by atoms with Crippen LogP contribution in [0.3, 0.4) is 0 Å². The Hall–Kier alpha value is -2.37. The fraction of sp³-hybridized carbons (Fsp3) is 0.263. The van der Waals surface area contributed by atoms with Gasteiger partial charge in [0.05, 0.1) is 7.05 Å². The van der Waals surface area contributed by atoms with E-state index in [9.17, 15) is 9.59 Å². The van der Waals surface area contributed by atoms with Crippen molar-refractivity contribution in [1.29, 1.82) is 0 Å². The van der Waals surface area contributed by atoms with Gasteiger partial charge >= 0.3 is 0 Å². The predicted molar refractivity (Wildman–Crippen MR) is 101 cm³/mol. The zero-order valence-corrected chi connectivity index (χ0v) is 15.4. The first-order valence-corrected chi connectivity index (χ1v) is 8.45. The van der Waals surface area contributed by atoms with Crippen LogP contribution in [0.5, 0.6) is 0 Å². The van der Waals surface area contributed by atoms with E-state index in [0.717, 1.165) is 21.7 Å². The second kappa shape index (κ2) is 8.65. The highest BCUT2D eigenvalue weighted by molar-refractivity contribution is 6.30. The van der Waals surface area contributed by atoms with Gasteiger partial charge in [-0.2, -0.15) is 0 Å². The minimum absolute atomic E-state index is 0.123. The maximum atomic E-state index is 12.2. The number of hydrogen-bond acceptors (Lipinski definition) is 2. The molecule has 2 aromatic rings. The topological polar surface area (TPSA) is 62.6 Å². The fourth-order valence-electron chi connectivity index (χ4n) is 2.46. The molecule has 3 N–H and O–H groups in total. The molecule has 0 radical (unpaired) electrons. The van der Waals surface area contributed by atoms with Crippen molar-refractivity contribution in [2.24, 2.45) is 0 Å². The van der Waals surface area contributed by atoms with E-state index in [-0.39, 0.29) is 24.9 Å². The van der Waals surface area contributed by atoms with Crippen LogP contribution in [0.2, 0.25) is 5.02 Å². The Kier molecular flexibility index (Phi) is 6.56. The van der Waals surface area contributed by atoms with E-state index in [1.165, 1.54) is 0 Å². The van der Waals surface area contributed by atoms with Gasteiger partial charge in [0, 0.05) is 16.4 Å². The second-order valence-corrected chi connectivity index (χ2v) is 6.60. The molecule has 25 heavy (non-hydrogen) atoms. The van der Waals surface area contributed by atoms with Gasteiger partial charge in [-0.3, -0.25) is 9.59 Å². The number of rotatable bonds is 6. The number of nitrogens with one attached hydrogen (secondary N) is 3. The van der Waals surface area contributed by atoms with Crippen LogP contribution < -0.4 is 15.5 Å². The molecule has 132 valence electrons. The number of carbonyl (C=O) groups is 2. The highest BCUT2D eigenvalue weighted by Gasteiger charge is 2.15. The third-order valence-corrected chi connectivity index (χ3v) is 4.15. The molecule has 6 heteroatoms. The highest BCUT2D eigenvalue weighted by atomic mass is 35.5. The maximum absolute atomic E-state index is 12.2. The maximum Gasteiger partial charge on any atom is 0.279 e. The largest absolute Gasteiger partial charge is 0.322 e. The lowest BCUT2D eigenvalue weighted by Crippen LogP contribution is -3.11. The Morgan fingerprint density at radius 3 is 2.32 bits per heavy atom. The lowest BCUT2D eigenvalue weighted by Gasteiger charge is -2.15. The van der Waals surface area contributed by atoms with Crippen LogP contribution in [0.1, 0.15) is 11.1 Å². The number of aryl methyl sites for hydroxylation is 1. The molecule has 0 fully saturated rings. The minimum atomic E-state index is -0.167. The summed E-state index contributed by atoms with van der Waals surface area (Å²) in [5.41, 5.74) is 3.62. The van der Waals surface area contributed by atoms with Crippen LogP contribution in [-0.2, 0) is 9.59 Å². The molecule has 1 unspecified atom stereocenters. The lowest BCUT2D eigenvalue weighted by molar-refractivity contribution is -0.862. The molecular weight excluding hydrogens is 338 g/mol. The number of hydrogen-bond donors (Lipinski definition) is 3. The van der Waals surface area contributed by atoms with Crippen molar-refractivity contribution in [3.8, 4) is 0 Å². The van der Waals surface area contributed by atoms with Crippen LogP contribution in [0.15, 0.2) is 42.5 Å². The molecule has 5 nitrogen and oxygen atoms in total. The first-order chi connectivity index (χ1) is 11.8. The lowest BCUT2D eigenvalue weighted by atomic mass is 10.1. The van der Waals surface area contributed by atoms with Crippen LogP contribution in [0.4, 0.5) is 11.4 Å². The molecule has 2 rings (SSSR count). The minimum Gasteiger partial charge on any atom is -0.322 e. The third-order valence-electron chi connectivity index (χ3n) is 3.91. The van der Waals surface area contributed by atoms with Crippen LogP contribution in [-0.4, -0.2) is 32.0 Å². The number of carbonyl (C=O) groups excluding carboxylic acids is 2. The van der Waals surface area contributed by atoms with E-state index in [2.05, 4.69) is 10.6 Å². The molecule has 0 aliphatic carbocycles. The number of quaternary nitrogens is 1. The second-order valence-electron chi connectivity index (χ2n) is 6.16. The molecule has 0 aromatic heterocycles. The highest BCUT2D eigenvalue weighted by Crippen LogP contribution is 2.17. The third kappa shape index (κ3) is 5.89. The molecule has 0 saturated heterocycles. The van der Waals surface area contributed by atoms with Crippen molar-refractivity contribution < 1.29 is 14.5 Å². The molecule has 0 aliphatic heterocycles. The molecule has 1 atom stereocenters. The SMILES string of the molecule is Cc1cccc(NC(=O)C[NH+](C)CC(=O)Nc2cccc(Cl)c2)c1C. The first-order valence-electron chi connectivity index (χ1n) is 8.08. The van der Waals surface area contributed by atoms with Crippen molar-refractivity contribution in [2.75, 3.05) is 30.8 Å². The van der Waals surface area contributed by atoms with Crippen molar-refractivity contribution in [1.82, 2.24) is 0 Å². The first kappa shape index (κ1) is 19.0. The summed E-state index contributed by atoms with van der Waals surface area (Å²) in [7, 11) is 1.81. The average molecular weight is 361 g/mol. The summed E-state index contributed by atoms with van der Waals surface area (Å²) in [4.78, 5) is 25.0. The molecular formula is C19H23ClN3O2+. The standard InChI is InChI=1S/C19H22ClN3O2/c1-13-6-4-9-17(14(13)2)22-19(25)12-23(3)11-18(24)21-16-8-5-7-15(20)10-16/h4-10H,11-12H2,1-3H3,(H,21,24)(H,22,25)/p+1. The van der Waals surface area contributed by atoms with Gasteiger partial charge in [-0.05, 0) is 49.2 Å². The number of amides is 2. The van der Waals surface area contributed by atoms with Gasteiger partial charge in [-0.1, -0.05) is 29.8 Å². The van der Waals surface area contributed by atoms with E-state index in [1.54, 1.807) is 31.3 Å². The Bertz CT molecular complexity index is 777. The number of halogens is 1. The van der Waals surface area contributed by atoms with Crippen molar-refractivity contribution in [3.05, 3.63) is 58.6 Å². The average Bonchev–Trinajstić information content (AvgIpc) is 2.51. The van der Waals surface area contributed by atoms with E-state index in [4.69, 9.17) is 11.6 Å². The van der Waals surface area contributed by atoms with E-state index >= 15 is 0 Å². The summed E-state index contributed by atoms with van der Waals surface area (Å²) in [5.74, 6) is -0.291. The molecule has 0 heterocycles. The van der Waals surface area contributed by atoms with Crippen molar-refractivity contribution in [2.45, 2.75) is 13.8 Å². The Morgan fingerprint density at radius 2 is 1.64 bits per heavy atom. The van der Waals surface area contributed by atoms with E-state index < -0.39 is 0 Å². The smallest absolute Gasteiger partial charge is 0.279 e. The zero-order valence-electron chi connectivity index (χ0n) is 14.7. The Morgan fingerprint density at radius 1 is 1.00 bits per heavy atom. The Balaban J connectivity index is 1.84. The van der Waals surface area contributed by atoms with Crippen LogP contribution in [0.25, 0.3) is 0 Å². The Labute approximate surface area is 153 Å². The molecule has 0 aliphatic rings. The van der Waals surface area contributed by atoms with Crippen molar-refractivity contribution >= 4 is 34.8 Å². The summed E-state index contributed by atoms with van der Waals surface area (Å²) in [6.45, 7) is 4.37. The van der Waals surface area contributed by atoms with E-state index in [1.807, 2.05) is 32.0 Å². The van der Waals surface area contributed by atoms with Crippen LogP contribution >= 0.6 is 11.6 Å². The number of anilines is 2. The summed E-state index contributed by atoms with van der Waals surface area (Å²) < 4.78 is 0. The van der Waals surface area contributed by atoms with Gasteiger partial charge in [-0.15, -0.1) is 0 Å². The normalized spacial score (nSPS) is 11.7. The monoisotopic (exact) mass is 360 g/mol. The summed E-state index contributed by atoms with van der Waals surface area (Å²) in [5, 5.41) is 6.24.